The fourth-order valence-corrected chi connectivity index (χ4v) is 3.00. The van der Waals surface area contributed by atoms with Gasteiger partial charge in [0.2, 0.25) is 0 Å². The fourth-order valence-electron chi connectivity index (χ4n) is 3.00. The van der Waals surface area contributed by atoms with Crippen LogP contribution in [0.4, 0.5) is 5.69 Å². The van der Waals surface area contributed by atoms with E-state index in [0.29, 0.717) is 25.7 Å². The summed E-state index contributed by atoms with van der Waals surface area (Å²) in [5, 5.41) is 6.69. The Kier molecular flexibility index (Phi) is 7.14. The quantitative estimate of drug-likeness (QED) is 0.592. The van der Waals surface area contributed by atoms with Crippen molar-refractivity contribution in [1.29, 1.82) is 0 Å². The monoisotopic (exact) mass is 382 g/mol. The zero-order valence-corrected chi connectivity index (χ0v) is 17.0. The van der Waals surface area contributed by atoms with E-state index in [1.165, 1.54) is 11.1 Å². The molecule has 2 N–H and O–H groups in total. The zero-order chi connectivity index (χ0) is 19.8. The van der Waals surface area contributed by atoms with E-state index in [-0.39, 0.29) is 0 Å². The molecule has 0 atom stereocenters. The average molecular weight is 383 g/mol. The number of nitrogens with one attached hydrogen (secondary N) is 2. The molecule has 1 aliphatic heterocycles. The second-order valence-electron chi connectivity index (χ2n) is 6.91. The maximum absolute atomic E-state index is 5.76. The summed E-state index contributed by atoms with van der Waals surface area (Å²) in [7, 11) is 3.90. The molecule has 0 saturated heterocycles. The maximum Gasteiger partial charge on any atom is 0.195 e. The Morgan fingerprint density at radius 1 is 1.07 bits per heavy atom. The standard InChI is InChI=1S/C22H30N4O2/c1-4-26(3)16-18-8-5-7-17(13-18)15-24-22(23-2)25-19-9-10-20-21(14-19)28-12-6-11-27-20/h5,7-10,13-14H,4,6,11-12,15-16H2,1-3H3,(H2,23,24,25). The molecule has 0 unspecified atom stereocenters. The minimum absolute atomic E-state index is 0.674. The minimum atomic E-state index is 0.674. The van der Waals surface area contributed by atoms with E-state index in [2.05, 4.69) is 58.8 Å². The van der Waals surface area contributed by atoms with E-state index in [0.717, 1.165) is 36.7 Å². The van der Waals surface area contributed by atoms with Crippen LogP contribution in [0.2, 0.25) is 0 Å². The molecule has 6 nitrogen and oxygen atoms in total. The van der Waals surface area contributed by atoms with Crippen molar-refractivity contribution in [2.24, 2.45) is 4.99 Å². The highest BCUT2D eigenvalue weighted by atomic mass is 16.5. The zero-order valence-electron chi connectivity index (χ0n) is 17.0. The van der Waals surface area contributed by atoms with Crippen LogP contribution in [0.1, 0.15) is 24.5 Å². The van der Waals surface area contributed by atoms with Crippen molar-refractivity contribution >= 4 is 11.6 Å². The number of fused-ring (bicyclic) bond motifs is 1. The van der Waals surface area contributed by atoms with Gasteiger partial charge in [-0.3, -0.25) is 4.99 Å². The SMILES string of the molecule is CCN(C)Cc1cccc(CNC(=NC)Nc2ccc3c(c2)OCCCO3)c1. The van der Waals surface area contributed by atoms with Gasteiger partial charge in [0.05, 0.1) is 13.2 Å². The van der Waals surface area contributed by atoms with Crippen molar-refractivity contribution in [3.05, 3.63) is 53.6 Å². The second-order valence-corrected chi connectivity index (χ2v) is 6.91. The van der Waals surface area contributed by atoms with Crippen LogP contribution in [0, 0.1) is 0 Å². The molecule has 0 saturated carbocycles. The summed E-state index contributed by atoms with van der Waals surface area (Å²) in [6.45, 7) is 6.22. The van der Waals surface area contributed by atoms with Gasteiger partial charge in [-0.1, -0.05) is 31.2 Å². The normalized spacial score (nSPS) is 13.9. The van der Waals surface area contributed by atoms with E-state index in [4.69, 9.17) is 9.47 Å². The molecule has 0 spiro atoms. The molecule has 1 heterocycles. The first-order valence-electron chi connectivity index (χ1n) is 9.81. The molecular weight excluding hydrogens is 352 g/mol. The molecule has 6 heteroatoms. The lowest BCUT2D eigenvalue weighted by atomic mass is 10.1. The fraction of sp³-hybridized carbons (Fsp3) is 0.409. The van der Waals surface area contributed by atoms with Crippen LogP contribution in [0.25, 0.3) is 0 Å². The Hall–Kier alpha value is -2.73. The Balaban J connectivity index is 1.59. The molecule has 0 bridgehead atoms. The van der Waals surface area contributed by atoms with Crippen LogP contribution < -0.4 is 20.1 Å². The summed E-state index contributed by atoms with van der Waals surface area (Å²) >= 11 is 0. The molecule has 0 aromatic heterocycles. The summed E-state index contributed by atoms with van der Waals surface area (Å²) in [6, 6.07) is 14.5. The number of rotatable bonds is 6. The second kappa shape index (κ2) is 9.99. The highest BCUT2D eigenvalue weighted by Gasteiger charge is 2.11. The van der Waals surface area contributed by atoms with Crippen LogP contribution in [0.15, 0.2) is 47.5 Å². The number of aliphatic imine (C=N–C) groups is 1. The Morgan fingerprint density at radius 2 is 1.86 bits per heavy atom. The molecule has 150 valence electrons. The van der Waals surface area contributed by atoms with Crippen molar-refractivity contribution in [3.8, 4) is 11.5 Å². The highest BCUT2D eigenvalue weighted by Crippen LogP contribution is 2.32. The summed E-state index contributed by atoms with van der Waals surface area (Å²) in [4.78, 5) is 6.62. The van der Waals surface area contributed by atoms with Gasteiger partial charge in [-0.15, -0.1) is 0 Å². The van der Waals surface area contributed by atoms with Crippen molar-refractivity contribution in [2.45, 2.75) is 26.4 Å². The van der Waals surface area contributed by atoms with Gasteiger partial charge in [0.25, 0.3) is 0 Å². The van der Waals surface area contributed by atoms with E-state index in [9.17, 15) is 0 Å². The van der Waals surface area contributed by atoms with Gasteiger partial charge in [0.1, 0.15) is 0 Å². The van der Waals surface area contributed by atoms with Crippen molar-refractivity contribution < 1.29 is 9.47 Å². The predicted molar refractivity (Wildman–Crippen MR) is 114 cm³/mol. The smallest absolute Gasteiger partial charge is 0.195 e. The van der Waals surface area contributed by atoms with Gasteiger partial charge in [-0.05, 0) is 36.9 Å². The number of benzene rings is 2. The van der Waals surface area contributed by atoms with E-state index >= 15 is 0 Å². The lowest BCUT2D eigenvalue weighted by Crippen LogP contribution is -2.30. The van der Waals surface area contributed by atoms with Crippen molar-refractivity contribution in [3.63, 3.8) is 0 Å². The van der Waals surface area contributed by atoms with Crippen LogP contribution >= 0.6 is 0 Å². The molecule has 0 amide bonds. The first-order chi connectivity index (χ1) is 13.7. The van der Waals surface area contributed by atoms with E-state index in [1.54, 1.807) is 7.05 Å². The van der Waals surface area contributed by atoms with Gasteiger partial charge in [-0.2, -0.15) is 0 Å². The first-order valence-corrected chi connectivity index (χ1v) is 9.81. The lowest BCUT2D eigenvalue weighted by Gasteiger charge is -2.16. The maximum atomic E-state index is 5.76. The van der Waals surface area contributed by atoms with Crippen molar-refractivity contribution in [2.75, 3.05) is 39.2 Å². The number of hydrogen-bond acceptors (Lipinski definition) is 4. The summed E-state index contributed by atoms with van der Waals surface area (Å²) in [5.74, 6) is 2.27. The Labute approximate surface area is 167 Å². The summed E-state index contributed by atoms with van der Waals surface area (Å²) in [6.07, 6.45) is 0.897. The van der Waals surface area contributed by atoms with Gasteiger partial charge in [0.15, 0.2) is 17.5 Å². The highest BCUT2D eigenvalue weighted by molar-refractivity contribution is 5.93. The van der Waals surface area contributed by atoms with Crippen molar-refractivity contribution in [1.82, 2.24) is 10.2 Å². The van der Waals surface area contributed by atoms with Crippen LogP contribution in [0.3, 0.4) is 0 Å². The minimum Gasteiger partial charge on any atom is -0.490 e. The number of hydrogen-bond donors (Lipinski definition) is 2. The van der Waals surface area contributed by atoms with Crippen LogP contribution in [-0.2, 0) is 13.1 Å². The molecule has 2 aromatic rings. The average Bonchev–Trinajstić information content (AvgIpc) is 2.96. The number of guanidine groups is 1. The molecule has 0 radical (unpaired) electrons. The van der Waals surface area contributed by atoms with Gasteiger partial charge >= 0.3 is 0 Å². The predicted octanol–water partition coefficient (Wildman–Crippen LogP) is 3.49. The molecular formula is C22H30N4O2. The number of anilines is 1. The van der Waals surface area contributed by atoms with Gasteiger partial charge in [-0.25, -0.2) is 0 Å². The molecule has 2 aromatic carbocycles. The number of nitrogens with zero attached hydrogens (tertiary/aromatic N) is 2. The Morgan fingerprint density at radius 3 is 2.64 bits per heavy atom. The van der Waals surface area contributed by atoms with Gasteiger partial charge < -0.3 is 25.0 Å². The molecule has 28 heavy (non-hydrogen) atoms. The Bertz CT molecular complexity index is 807. The molecule has 3 rings (SSSR count). The third-order valence-corrected chi connectivity index (χ3v) is 4.68. The lowest BCUT2D eigenvalue weighted by molar-refractivity contribution is 0.297. The van der Waals surface area contributed by atoms with Gasteiger partial charge in [0, 0.05) is 38.3 Å². The topological polar surface area (TPSA) is 58.1 Å². The summed E-state index contributed by atoms with van der Waals surface area (Å²) < 4.78 is 11.4. The third-order valence-electron chi connectivity index (χ3n) is 4.68. The van der Waals surface area contributed by atoms with Crippen LogP contribution in [0.5, 0.6) is 11.5 Å². The van der Waals surface area contributed by atoms with Crippen LogP contribution in [-0.4, -0.2) is 44.7 Å². The number of ether oxygens (including phenoxy) is 2. The summed E-state index contributed by atoms with van der Waals surface area (Å²) in [5.41, 5.74) is 3.45. The largest absolute Gasteiger partial charge is 0.490 e. The first kappa shape index (κ1) is 20.0. The molecule has 0 aliphatic carbocycles. The molecule has 0 fully saturated rings. The third kappa shape index (κ3) is 5.63. The van der Waals surface area contributed by atoms with E-state index < -0.39 is 0 Å². The van der Waals surface area contributed by atoms with E-state index in [1.807, 2.05) is 18.2 Å². The molecule has 1 aliphatic rings.